The van der Waals surface area contributed by atoms with Crippen LogP contribution in [0, 0.1) is 0 Å². The molecule has 0 aliphatic heterocycles. The molecule has 0 aliphatic carbocycles. The fourth-order valence-electron chi connectivity index (χ4n) is 3.64. The molecule has 1 heterocycles. The van der Waals surface area contributed by atoms with Crippen LogP contribution in [0.1, 0.15) is 15.9 Å². The van der Waals surface area contributed by atoms with Gasteiger partial charge in [-0.1, -0.05) is 72.4 Å². The van der Waals surface area contributed by atoms with Gasteiger partial charge in [-0.15, -0.1) is 10.2 Å². The van der Waals surface area contributed by atoms with Gasteiger partial charge < -0.3 is 19.8 Å². The zero-order chi connectivity index (χ0) is 26.9. The number of para-hydroxylation sites is 1. The number of benzene rings is 4. The lowest BCUT2D eigenvalue weighted by molar-refractivity contribution is -0.113. The molecule has 1 aromatic heterocycles. The van der Waals surface area contributed by atoms with Crippen molar-refractivity contribution in [2.45, 2.75) is 11.8 Å². The van der Waals surface area contributed by atoms with Crippen LogP contribution in [-0.4, -0.2) is 27.8 Å². The van der Waals surface area contributed by atoms with Gasteiger partial charge in [0.25, 0.3) is 17.0 Å². The lowest BCUT2D eigenvalue weighted by Gasteiger charge is -2.08. The third-order valence-electron chi connectivity index (χ3n) is 5.56. The van der Waals surface area contributed by atoms with Gasteiger partial charge in [0.1, 0.15) is 12.4 Å². The van der Waals surface area contributed by atoms with Crippen LogP contribution in [0.25, 0.3) is 11.5 Å². The van der Waals surface area contributed by atoms with E-state index in [4.69, 9.17) is 9.15 Å². The summed E-state index contributed by atoms with van der Waals surface area (Å²) in [6.45, 7) is 0.471. The number of nitrogens with zero attached hydrogens (tertiary/aromatic N) is 2. The lowest BCUT2D eigenvalue weighted by atomic mass is 10.1. The van der Waals surface area contributed by atoms with Crippen molar-refractivity contribution in [3.05, 3.63) is 120 Å². The number of amides is 2. The normalized spacial score (nSPS) is 10.6. The minimum atomic E-state index is -0.246. The first-order chi connectivity index (χ1) is 19.1. The number of carbonyl (C=O) groups is 2. The van der Waals surface area contributed by atoms with Gasteiger partial charge in [0.15, 0.2) is 0 Å². The number of thioether (sulfide) groups is 1. The van der Waals surface area contributed by atoms with E-state index in [-0.39, 0.29) is 28.7 Å². The zero-order valence-electron chi connectivity index (χ0n) is 20.7. The van der Waals surface area contributed by atoms with E-state index >= 15 is 0 Å². The molecule has 194 valence electrons. The highest BCUT2D eigenvalue weighted by atomic mass is 32.2. The SMILES string of the molecule is O=C(CSc1nnc(-c2ccccc2NC(=O)c2ccccc2)o1)Nc1ccc(OCc2ccccc2)cc1. The molecule has 0 bridgehead atoms. The van der Waals surface area contributed by atoms with Crippen LogP contribution >= 0.6 is 11.8 Å². The Morgan fingerprint density at radius 2 is 1.46 bits per heavy atom. The second-order valence-electron chi connectivity index (χ2n) is 8.37. The Kier molecular flexibility index (Phi) is 8.30. The minimum Gasteiger partial charge on any atom is -0.489 e. The average molecular weight is 537 g/mol. The Hall–Kier alpha value is -4.89. The van der Waals surface area contributed by atoms with Crippen LogP contribution in [0.4, 0.5) is 11.4 Å². The van der Waals surface area contributed by atoms with Gasteiger partial charge in [0, 0.05) is 11.3 Å². The number of rotatable bonds is 10. The van der Waals surface area contributed by atoms with E-state index in [1.165, 1.54) is 0 Å². The smallest absolute Gasteiger partial charge is 0.277 e. The van der Waals surface area contributed by atoms with Crippen LogP contribution in [0.2, 0.25) is 0 Å². The number of ether oxygens (including phenoxy) is 1. The van der Waals surface area contributed by atoms with Crippen molar-refractivity contribution in [3.63, 3.8) is 0 Å². The highest BCUT2D eigenvalue weighted by molar-refractivity contribution is 7.99. The maximum absolute atomic E-state index is 12.6. The molecule has 0 unspecified atom stereocenters. The molecular weight excluding hydrogens is 512 g/mol. The summed E-state index contributed by atoms with van der Waals surface area (Å²) in [7, 11) is 0. The van der Waals surface area contributed by atoms with E-state index < -0.39 is 0 Å². The maximum Gasteiger partial charge on any atom is 0.277 e. The highest BCUT2D eigenvalue weighted by Gasteiger charge is 2.16. The van der Waals surface area contributed by atoms with Crippen molar-refractivity contribution in [1.29, 1.82) is 0 Å². The molecule has 0 atom stereocenters. The van der Waals surface area contributed by atoms with Crippen molar-refractivity contribution in [2.75, 3.05) is 16.4 Å². The summed E-state index contributed by atoms with van der Waals surface area (Å²) >= 11 is 1.12. The van der Waals surface area contributed by atoms with Gasteiger partial charge >= 0.3 is 0 Å². The Labute approximate surface area is 229 Å². The Bertz CT molecular complexity index is 1540. The van der Waals surface area contributed by atoms with E-state index in [1.807, 2.05) is 60.7 Å². The van der Waals surface area contributed by atoms with Crippen molar-refractivity contribution < 1.29 is 18.7 Å². The number of hydrogen-bond donors (Lipinski definition) is 2. The highest BCUT2D eigenvalue weighted by Crippen LogP contribution is 2.29. The predicted molar refractivity (Wildman–Crippen MR) is 151 cm³/mol. The summed E-state index contributed by atoms with van der Waals surface area (Å²) in [5, 5.41) is 14.1. The lowest BCUT2D eigenvalue weighted by Crippen LogP contribution is -2.13. The van der Waals surface area contributed by atoms with E-state index in [1.54, 1.807) is 48.5 Å². The molecule has 0 saturated carbocycles. The molecule has 0 radical (unpaired) electrons. The van der Waals surface area contributed by atoms with Gasteiger partial charge in [0.05, 0.1) is 17.0 Å². The van der Waals surface area contributed by atoms with Crippen LogP contribution in [-0.2, 0) is 11.4 Å². The summed E-state index contributed by atoms with van der Waals surface area (Å²) in [5.41, 5.74) is 3.40. The largest absolute Gasteiger partial charge is 0.489 e. The van der Waals surface area contributed by atoms with Gasteiger partial charge in [-0.25, -0.2) is 0 Å². The van der Waals surface area contributed by atoms with Gasteiger partial charge in [-0.2, -0.15) is 0 Å². The van der Waals surface area contributed by atoms with Crippen molar-refractivity contribution in [3.8, 4) is 17.2 Å². The molecule has 5 aromatic rings. The molecule has 9 heteroatoms. The number of carbonyl (C=O) groups excluding carboxylic acids is 2. The molecule has 4 aromatic carbocycles. The molecule has 2 N–H and O–H groups in total. The predicted octanol–water partition coefficient (Wildman–Crippen LogP) is 6.30. The maximum atomic E-state index is 12.6. The van der Waals surface area contributed by atoms with Crippen LogP contribution < -0.4 is 15.4 Å². The molecular formula is C30H24N4O4S. The van der Waals surface area contributed by atoms with Crippen LogP contribution in [0.15, 0.2) is 119 Å². The number of aromatic nitrogens is 2. The van der Waals surface area contributed by atoms with Gasteiger partial charge in [-0.05, 0) is 54.1 Å². The Morgan fingerprint density at radius 1 is 0.769 bits per heavy atom. The number of hydrogen-bond acceptors (Lipinski definition) is 7. The Morgan fingerprint density at radius 3 is 2.23 bits per heavy atom. The molecule has 39 heavy (non-hydrogen) atoms. The van der Waals surface area contributed by atoms with E-state index in [0.717, 1.165) is 17.3 Å². The van der Waals surface area contributed by atoms with Gasteiger partial charge in [0.2, 0.25) is 5.91 Å². The molecule has 0 aliphatic rings. The summed E-state index contributed by atoms with van der Waals surface area (Å²) in [4.78, 5) is 25.1. The fraction of sp³-hybridized carbons (Fsp3) is 0.0667. The van der Waals surface area contributed by atoms with Crippen molar-refractivity contribution in [2.24, 2.45) is 0 Å². The summed E-state index contributed by atoms with van der Waals surface area (Å²) in [6, 6.07) is 33.2. The second-order valence-corrected chi connectivity index (χ2v) is 9.30. The first kappa shape index (κ1) is 25.7. The second kappa shape index (κ2) is 12.6. The van der Waals surface area contributed by atoms with Crippen LogP contribution in [0.5, 0.6) is 5.75 Å². The standard InChI is InChI=1S/C30H24N4O4S/c35-27(31-23-15-17-24(18-16-23)37-19-21-9-3-1-4-10-21)20-39-30-34-33-29(38-30)25-13-7-8-14-26(25)32-28(36)22-11-5-2-6-12-22/h1-18H,19-20H2,(H,31,35)(H,32,36). The number of anilines is 2. The Balaban J connectivity index is 1.14. The quantitative estimate of drug-likeness (QED) is 0.202. The minimum absolute atomic E-state index is 0.0836. The first-order valence-electron chi connectivity index (χ1n) is 12.1. The summed E-state index contributed by atoms with van der Waals surface area (Å²) in [5.74, 6) is 0.580. The van der Waals surface area contributed by atoms with Gasteiger partial charge in [-0.3, -0.25) is 9.59 Å². The monoisotopic (exact) mass is 536 g/mol. The molecule has 8 nitrogen and oxygen atoms in total. The number of nitrogens with one attached hydrogen (secondary N) is 2. The van der Waals surface area contributed by atoms with E-state index in [9.17, 15) is 9.59 Å². The molecule has 2 amide bonds. The fourth-order valence-corrected chi connectivity index (χ4v) is 4.20. The average Bonchev–Trinajstić information content (AvgIpc) is 3.46. The van der Waals surface area contributed by atoms with Crippen LogP contribution in [0.3, 0.4) is 0 Å². The molecule has 0 spiro atoms. The zero-order valence-corrected chi connectivity index (χ0v) is 21.6. The van der Waals surface area contributed by atoms with Crippen molar-refractivity contribution >= 4 is 35.0 Å². The first-order valence-corrected chi connectivity index (χ1v) is 13.1. The summed E-state index contributed by atoms with van der Waals surface area (Å²) in [6.07, 6.45) is 0. The molecule has 0 fully saturated rings. The van der Waals surface area contributed by atoms with Crippen molar-refractivity contribution in [1.82, 2.24) is 10.2 Å². The summed E-state index contributed by atoms with van der Waals surface area (Å²) < 4.78 is 11.6. The molecule has 5 rings (SSSR count). The topological polar surface area (TPSA) is 106 Å². The van der Waals surface area contributed by atoms with E-state index in [2.05, 4.69) is 20.8 Å². The third kappa shape index (κ3) is 7.12. The third-order valence-corrected chi connectivity index (χ3v) is 6.38. The van der Waals surface area contributed by atoms with E-state index in [0.29, 0.717) is 34.9 Å². The molecule has 0 saturated heterocycles.